The van der Waals surface area contributed by atoms with Crippen LogP contribution in [0.3, 0.4) is 0 Å². The summed E-state index contributed by atoms with van der Waals surface area (Å²) in [5, 5.41) is 3.54. The van der Waals surface area contributed by atoms with E-state index in [0.717, 1.165) is 5.56 Å². The Morgan fingerprint density at radius 2 is 2.33 bits per heavy atom. The molecule has 0 fully saturated rings. The van der Waals surface area contributed by atoms with Crippen LogP contribution in [-0.2, 0) is 0 Å². The van der Waals surface area contributed by atoms with E-state index in [9.17, 15) is 0 Å². The Labute approximate surface area is 53.8 Å². The van der Waals surface area contributed by atoms with E-state index < -0.39 is 0 Å². The first-order valence-electron chi connectivity index (χ1n) is 2.92. The van der Waals surface area contributed by atoms with Gasteiger partial charge in [0.2, 0.25) is 5.88 Å². The molecule has 0 saturated carbocycles. The highest BCUT2D eigenvalue weighted by molar-refractivity contribution is 5.35. The van der Waals surface area contributed by atoms with E-state index in [2.05, 4.69) is 9.68 Å². The summed E-state index contributed by atoms with van der Waals surface area (Å²) in [4.78, 5) is 0. The number of hydrogen-bond donors (Lipinski definition) is 1. The van der Waals surface area contributed by atoms with E-state index in [-0.39, 0.29) is 0 Å². The zero-order valence-corrected chi connectivity index (χ0v) is 5.59. The van der Waals surface area contributed by atoms with Gasteiger partial charge in [0, 0.05) is 5.56 Å². The van der Waals surface area contributed by atoms with Gasteiger partial charge in [-0.1, -0.05) is 19.0 Å². The van der Waals surface area contributed by atoms with Gasteiger partial charge in [0.15, 0.2) is 0 Å². The molecule has 2 N–H and O–H groups in total. The third-order valence-corrected chi connectivity index (χ3v) is 1.25. The molecule has 3 nitrogen and oxygen atoms in total. The van der Waals surface area contributed by atoms with Crippen LogP contribution < -0.4 is 5.73 Å². The summed E-state index contributed by atoms with van der Waals surface area (Å²) in [6.07, 6.45) is 1.65. The Morgan fingerprint density at radius 3 is 2.56 bits per heavy atom. The van der Waals surface area contributed by atoms with Crippen LogP contribution in [0.1, 0.15) is 25.3 Å². The number of nitrogens with two attached hydrogens (primary N) is 1. The van der Waals surface area contributed by atoms with Crippen molar-refractivity contribution in [3.8, 4) is 0 Å². The topological polar surface area (TPSA) is 52.0 Å². The first-order valence-corrected chi connectivity index (χ1v) is 2.92. The van der Waals surface area contributed by atoms with Gasteiger partial charge in [0.25, 0.3) is 0 Å². The highest BCUT2D eigenvalue weighted by Gasteiger charge is 2.06. The highest BCUT2D eigenvalue weighted by Crippen LogP contribution is 2.19. The minimum absolute atomic E-state index is 0.399. The van der Waals surface area contributed by atoms with Crippen LogP contribution >= 0.6 is 0 Å². The minimum atomic E-state index is 0.399. The molecule has 0 aliphatic rings. The first-order chi connectivity index (χ1) is 4.22. The maximum absolute atomic E-state index is 5.41. The van der Waals surface area contributed by atoms with Gasteiger partial charge >= 0.3 is 0 Å². The maximum atomic E-state index is 5.41. The van der Waals surface area contributed by atoms with E-state index in [1.807, 2.05) is 13.8 Å². The van der Waals surface area contributed by atoms with E-state index in [0.29, 0.717) is 11.8 Å². The van der Waals surface area contributed by atoms with Crippen molar-refractivity contribution in [1.29, 1.82) is 0 Å². The van der Waals surface area contributed by atoms with Gasteiger partial charge in [-0.15, -0.1) is 0 Å². The molecule has 0 bridgehead atoms. The number of nitrogen functional groups attached to an aromatic ring is 1. The molecule has 1 rings (SSSR count). The zero-order valence-electron chi connectivity index (χ0n) is 5.59. The lowest BCUT2D eigenvalue weighted by Gasteiger charge is -1.97. The van der Waals surface area contributed by atoms with Crippen molar-refractivity contribution >= 4 is 5.88 Å². The summed E-state index contributed by atoms with van der Waals surface area (Å²) >= 11 is 0. The molecule has 0 radical (unpaired) electrons. The van der Waals surface area contributed by atoms with Gasteiger partial charge in [-0.2, -0.15) is 0 Å². The lowest BCUT2D eigenvalue weighted by Crippen LogP contribution is -1.90. The largest absolute Gasteiger partial charge is 0.367 e. The summed E-state index contributed by atoms with van der Waals surface area (Å²) < 4.78 is 4.65. The number of aromatic nitrogens is 1. The van der Waals surface area contributed by atoms with E-state index in [1.54, 1.807) is 6.20 Å². The Morgan fingerprint density at radius 1 is 1.67 bits per heavy atom. The van der Waals surface area contributed by atoms with E-state index >= 15 is 0 Å². The zero-order chi connectivity index (χ0) is 6.85. The molecule has 0 aliphatic carbocycles. The molecule has 0 unspecified atom stereocenters. The average molecular weight is 126 g/mol. The monoisotopic (exact) mass is 126 g/mol. The molecule has 0 atom stereocenters. The lowest BCUT2D eigenvalue weighted by atomic mass is 10.1. The van der Waals surface area contributed by atoms with Crippen molar-refractivity contribution in [1.82, 2.24) is 5.16 Å². The van der Waals surface area contributed by atoms with E-state index in [4.69, 9.17) is 5.73 Å². The molecule has 0 aromatic carbocycles. The average Bonchev–Trinajstić information content (AvgIpc) is 2.13. The maximum Gasteiger partial charge on any atom is 0.225 e. The molecule has 50 valence electrons. The lowest BCUT2D eigenvalue weighted by molar-refractivity contribution is 0.435. The number of anilines is 1. The van der Waals surface area contributed by atoms with Crippen LogP contribution in [0, 0.1) is 0 Å². The molecule has 1 aromatic heterocycles. The quantitative estimate of drug-likeness (QED) is 0.618. The molecule has 0 saturated heterocycles. The van der Waals surface area contributed by atoms with Gasteiger partial charge in [-0.05, 0) is 5.92 Å². The van der Waals surface area contributed by atoms with Gasteiger partial charge in [-0.3, -0.25) is 0 Å². The number of hydrogen-bond acceptors (Lipinski definition) is 3. The number of rotatable bonds is 1. The Bertz CT molecular complexity index is 193. The molecule has 1 aromatic rings. The van der Waals surface area contributed by atoms with Gasteiger partial charge in [0.05, 0.1) is 6.20 Å². The Kier molecular flexibility index (Phi) is 1.42. The molecule has 9 heavy (non-hydrogen) atoms. The van der Waals surface area contributed by atoms with Crippen LogP contribution in [0.5, 0.6) is 0 Å². The predicted molar refractivity (Wildman–Crippen MR) is 35.0 cm³/mol. The molecule has 0 amide bonds. The van der Waals surface area contributed by atoms with Gasteiger partial charge in [0.1, 0.15) is 0 Å². The Hall–Kier alpha value is -0.990. The second-order valence-electron chi connectivity index (χ2n) is 2.30. The van der Waals surface area contributed by atoms with Crippen LogP contribution in [0.4, 0.5) is 5.88 Å². The summed E-state index contributed by atoms with van der Waals surface area (Å²) in [6, 6.07) is 0. The molecule has 1 heterocycles. The SMILES string of the molecule is CC(C)c1cnoc1N. The fraction of sp³-hybridized carbons (Fsp3) is 0.500. The summed E-state index contributed by atoms with van der Waals surface area (Å²) in [7, 11) is 0. The minimum Gasteiger partial charge on any atom is -0.367 e. The van der Waals surface area contributed by atoms with Crippen molar-refractivity contribution in [2.75, 3.05) is 5.73 Å². The van der Waals surface area contributed by atoms with Crippen molar-refractivity contribution < 1.29 is 4.52 Å². The van der Waals surface area contributed by atoms with Crippen LogP contribution in [0.15, 0.2) is 10.7 Å². The molecule has 3 heteroatoms. The number of nitrogens with zero attached hydrogens (tertiary/aromatic N) is 1. The second-order valence-corrected chi connectivity index (χ2v) is 2.30. The van der Waals surface area contributed by atoms with E-state index in [1.165, 1.54) is 0 Å². The smallest absolute Gasteiger partial charge is 0.225 e. The van der Waals surface area contributed by atoms with Crippen LogP contribution in [-0.4, -0.2) is 5.16 Å². The fourth-order valence-electron chi connectivity index (χ4n) is 0.690. The fourth-order valence-corrected chi connectivity index (χ4v) is 0.690. The van der Waals surface area contributed by atoms with Crippen LogP contribution in [0.2, 0.25) is 0 Å². The van der Waals surface area contributed by atoms with Gasteiger partial charge < -0.3 is 10.3 Å². The molecule has 0 aliphatic heterocycles. The summed E-state index contributed by atoms with van der Waals surface area (Å²) in [5.74, 6) is 0.834. The normalized spacial score (nSPS) is 10.6. The summed E-state index contributed by atoms with van der Waals surface area (Å²) in [5.41, 5.74) is 6.39. The van der Waals surface area contributed by atoms with Gasteiger partial charge in [-0.25, -0.2) is 0 Å². The highest BCUT2D eigenvalue weighted by atomic mass is 16.5. The third-order valence-electron chi connectivity index (χ3n) is 1.25. The first kappa shape index (κ1) is 6.13. The standard InChI is InChI=1S/C6H10N2O/c1-4(2)5-3-8-9-6(5)7/h3-4H,7H2,1-2H3. The van der Waals surface area contributed by atoms with Crippen molar-refractivity contribution in [2.24, 2.45) is 0 Å². The Balaban J connectivity index is 2.94. The molecular weight excluding hydrogens is 116 g/mol. The molecular formula is C6H10N2O. The second kappa shape index (κ2) is 2.09. The molecule has 0 spiro atoms. The van der Waals surface area contributed by atoms with Crippen molar-refractivity contribution in [3.05, 3.63) is 11.8 Å². The van der Waals surface area contributed by atoms with Crippen LogP contribution in [0.25, 0.3) is 0 Å². The van der Waals surface area contributed by atoms with Crippen molar-refractivity contribution in [2.45, 2.75) is 19.8 Å². The summed E-state index contributed by atoms with van der Waals surface area (Å²) in [6.45, 7) is 4.09. The van der Waals surface area contributed by atoms with Crippen molar-refractivity contribution in [3.63, 3.8) is 0 Å². The predicted octanol–water partition coefficient (Wildman–Crippen LogP) is 1.38. The third kappa shape index (κ3) is 1.04.